The number of aliphatic carboxylic acids is 1. The third-order valence-corrected chi connectivity index (χ3v) is 3.27. The number of carbonyl (C=O) groups is 2. The number of amides is 1. The first-order chi connectivity index (χ1) is 8.97. The molecule has 8 heteroatoms. The lowest BCUT2D eigenvalue weighted by Crippen LogP contribution is -2.13. The number of thiazole rings is 1. The molecule has 19 heavy (non-hydrogen) atoms. The number of nitrogens with zero attached hydrogens (tertiary/aromatic N) is 2. The molecule has 2 heterocycles. The van der Waals surface area contributed by atoms with Gasteiger partial charge in [0, 0.05) is 11.1 Å². The van der Waals surface area contributed by atoms with Gasteiger partial charge >= 0.3 is 5.97 Å². The monoisotopic (exact) mass is 280 g/mol. The molecule has 100 valence electrons. The van der Waals surface area contributed by atoms with Crippen molar-refractivity contribution in [1.29, 1.82) is 0 Å². The maximum absolute atomic E-state index is 12.0. The Bertz CT molecular complexity index is 612. The van der Waals surface area contributed by atoms with Crippen molar-refractivity contribution in [2.75, 3.05) is 5.32 Å². The highest BCUT2D eigenvalue weighted by Gasteiger charge is 2.16. The molecule has 0 spiro atoms. The zero-order valence-electron chi connectivity index (χ0n) is 10.4. The van der Waals surface area contributed by atoms with Gasteiger partial charge in [0.1, 0.15) is 0 Å². The summed E-state index contributed by atoms with van der Waals surface area (Å²) in [4.78, 5) is 26.6. The number of hydrogen-bond donors (Lipinski definition) is 3. The third kappa shape index (κ3) is 2.97. The van der Waals surface area contributed by atoms with Crippen LogP contribution in [0.2, 0.25) is 0 Å². The highest BCUT2D eigenvalue weighted by molar-refractivity contribution is 7.14. The molecule has 2 aromatic heterocycles. The van der Waals surface area contributed by atoms with Crippen LogP contribution < -0.4 is 5.32 Å². The number of carboxylic acid groups (broad SMARTS) is 1. The van der Waals surface area contributed by atoms with Gasteiger partial charge in [-0.3, -0.25) is 20.0 Å². The second-order valence-corrected chi connectivity index (χ2v) is 4.84. The highest BCUT2D eigenvalue weighted by atomic mass is 32.1. The number of carbonyl (C=O) groups excluding carboxylic acids is 1. The maximum Gasteiger partial charge on any atom is 0.309 e. The Labute approximate surface area is 112 Å². The number of rotatable bonds is 4. The summed E-state index contributed by atoms with van der Waals surface area (Å²) in [5.41, 5.74) is 2.19. The lowest BCUT2D eigenvalue weighted by molar-refractivity contribution is -0.136. The minimum atomic E-state index is -0.954. The molecule has 0 saturated heterocycles. The lowest BCUT2D eigenvalue weighted by Gasteiger charge is -2.01. The summed E-state index contributed by atoms with van der Waals surface area (Å²) in [6.45, 7) is 3.49. The first-order valence-electron chi connectivity index (χ1n) is 5.46. The van der Waals surface area contributed by atoms with Gasteiger partial charge in [0.2, 0.25) is 0 Å². The number of aromatic amines is 1. The Morgan fingerprint density at radius 2 is 2.21 bits per heavy atom. The lowest BCUT2D eigenvalue weighted by atomic mass is 10.2. The van der Waals surface area contributed by atoms with Crippen LogP contribution in [-0.4, -0.2) is 32.2 Å². The zero-order valence-corrected chi connectivity index (χ0v) is 11.2. The fraction of sp³-hybridized carbons (Fsp3) is 0.273. The van der Waals surface area contributed by atoms with Crippen LogP contribution in [0.25, 0.3) is 0 Å². The van der Waals surface area contributed by atoms with Crippen molar-refractivity contribution < 1.29 is 14.7 Å². The van der Waals surface area contributed by atoms with Crippen LogP contribution in [0.3, 0.4) is 0 Å². The van der Waals surface area contributed by atoms with Crippen LogP contribution in [0, 0.1) is 13.8 Å². The fourth-order valence-corrected chi connectivity index (χ4v) is 2.35. The molecule has 2 aromatic rings. The second kappa shape index (κ2) is 5.19. The van der Waals surface area contributed by atoms with Crippen molar-refractivity contribution in [3.63, 3.8) is 0 Å². The number of anilines is 1. The molecular formula is C11H12N4O3S. The maximum atomic E-state index is 12.0. The average molecular weight is 280 g/mol. The van der Waals surface area contributed by atoms with Crippen molar-refractivity contribution >= 4 is 28.3 Å². The van der Waals surface area contributed by atoms with Gasteiger partial charge in [-0.15, -0.1) is 11.3 Å². The minimum Gasteiger partial charge on any atom is -0.481 e. The molecule has 3 N–H and O–H groups in total. The third-order valence-electron chi connectivity index (χ3n) is 2.46. The van der Waals surface area contributed by atoms with E-state index in [2.05, 4.69) is 20.5 Å². The van der Waals surface area contributed by atoms with Crippen molar-refractivity contribution in [3.8, 4) is 0 Å². The number of aryl methyl sites for hydroxylation is 2. The Hall–Kier alpha value is -2.22. The molecule has 0 radical (unpaired) electrons. The van der Waals surface area contributed by atoms with E-state index in [1.165, 1.54) is 11.3 Å². The average Bonchev–Trinajstić information content (AvgIpc) is 2.85. The summed E-state index contributed by atoms with van der Waals surface area (Å²) < 4.78 is 0. The molecule has 0 aliphatic rings. The van der Waals surface area contributed by atoms with Gasteiger partial charge in [0.25, 0.3) is 5.91 Å². The van der Waals surface area contributed by atoms with E-state index in [-0.39, 0.29) is 12.3 Å². The second-order valence-electron chi connectivity index (χ2n) is 3.98. The first-order valence-corrected chi connectivity index (χ1v) is 6.34. The fourth-order valence-electron chi connectivity index (χ4n) is 1.65. The van der Waals surface area contributed by atoms with Crippen molar-refractivity contribution in [1.82, 2.24) is 15.2 Å². The van der Waals surface area contributed by atoms with E-state index in [4.69, 9.17) is 5.11 Å². The van der Waals surface area contributed by atoms with Gasteiger partial charge in [-0.2, -0.15) is 5.10 Å². The molecule has 0 aliphatic carbocycles. The quantitative estimate of drug-likeness (QED) is 0.783. The number of nitrogens with one attached hydrogen (secondary N) is 2. The van der Waals surface area contributed by atoms with Gasteiger partial charge in [-0.1, -0.05) is 0 Å². The van der Waals surface area contributed by atoms with Crippen LogP contribution in [0.5, 0.6) is 0 Å². The zero-order chi connectivity index (χ0) is 14.0. The van der Waals surface area contributed by atoms with Crippen LogP contribution in [-0.2, 0) is 11.2 Å². The molecule has 2 rings (SSSR count). The molecule has 0 aromatic carbocycles. The SMILES string of the molecule is Cc1n[nH]c(C)c1C(=O)Nc1nc(CC(=O)O)cs1. The van der Waals surface area contributed by atoms with Crippen LogP contribution in [0.1, 0.15) is 27.4 Å². The number of aromatic nitrogens is 3. The van der Waals surface area contributed by atoms with Gasteiger partial charge < -0.3 is 5.11 Å². The predicted octanol–water partition coefficient (Wildman–Crippen LogP) is 1.36. The van der Waals surface area contributed by atoms with E-state index in [0.29, 0.717) is 27.8 Å². The standard InChI is InChI=1S/C11H12N4O3S/c1-5-9(6(2)15-14-5)10(18)13-11-12-7(4-19-11)3-8(16)17/h4H,3H2,1-2H3,(H,14,15)(H,16,17)(H,12,13,18). The molecule has 7 nitrogen and oxygen atoms in total. The molecule has 0 fully saturated rings. The highest BCUT2D eigenvalue weighted by Crippen LogP contribution is 2.18. The van der Waals surface area contributed by atoms with E-state index < -0.39 is 5.97 Å². The van der Waals surface area contributed by atoms with E-state index in [9.17, 15) is 9.59 Å². The van der Waals surface area contributed by atoms with E-state index in [0.717, 1.165) is 0 Å². The molecule has 0 atom stereocenters. The van der Waals surface area contributed by atoms with Crippen molar-refractivity contribution in [2.45, 2.75) is 20.3 Å². The van der Waals surface area contributed by atoms with Gasteiger partial charge in [-0.05, 0) is 13.8 Å². The van der Waals surface area contributed by atoms with E-state index >= 15 is 0 Å². The Balaban J connectivity index is 2.11. The van der Waals surface area contributed by atoms with Crippen molar-refractivity contribution in [3.05, 3.63) is 28.0 Å². The molecule has 0 unspecified atom stereocenters. The smallest absolute Gasteiger partial charge is 0.309 e. The number of H-pyrrole nitrogens is 1. The topological polar surface area (TPSA) is 108 Å². The van der Waals surface area contributed by atoms with Crippen LogP contribution in [0.4, 0.5) is 5.13 Å². The molecule has 0 bridgehead atoms. The summed E-state index contributed by atoms with van der Waals surface area (Å²) in [5, 5.41) is 19.9. The van der Waals surface area contributed by atoms with Crippen LogP contribution >= 0.6 is 11.3 Å². The normalized spacial score (nSPS) is 10.4. The molecular weight excluding hydrogens is 268 g/mol. The largest absolute Gasteiger partial charge is 0.481 e. The minimum absolute atomic E-state index is 0.157. The summed E-state index contributed by atoms with van der Waals surface area (Å²) in [6.07, 6.45) is -0.157. The molecule has 0 aliphatic heterocycles. The molecule has 1 amide bonds. The summed E-state index contributed by atoms with van der Waals surface area (Å²) in [7, 11) is 0. The van der Waals surface area contributed by atoms with Gasteiger partial charge in [0.05, 0.1) is 23.4 Å². The van der Waals surface area contributed by atoms with Crippen molar-refractivity contribution in [2.24, 2.45) is 0 Å². The Morgan fingerprint density at radius 3 is 2.79 bits per heavy atom. The summed E-state index contributed by atoms with van der Waals surface area (Å²) >= 11 is 1.19. The van der Waals surface area contributed by atoms with E-state index in [1.54, 1.807) is 19.2 Å². The molecule has 0 saturated carbocycles. The van der Waals surface area contributed by atoms with Gasteiger partial charge in [-0.25, -0.2) is 4.98 Å². The van der Waals surface area contributed by atoms with Gasteiger partial charge in [0.15, 0.2) is 5.13 Å². The predicted molar refractivity (Wildman–Crippen MR) is 69.5 cm³/mol. The Morgan fingerprint density at radius 1 is 1.47 bits per heavy atom. The first kappa shape index (κ1) is 13.2. The Kier molecular flexibility index (Phi) is 3.61. The summed E-state index contributed by atoms with van der Waals surface area (Å²) in [6, 6.07) is 0. The summed E-state index contributed by atoms with van der Waals surface area (Å²) in [5.74, 6) is -1.26. The number of hydrogen-bond acceptors (Lipinski definition) is 5. The van der Waals surface area contributed by atoms with E-state index in [1.807, 2.05) is 0 Å². The number of carboxylic acids is 1. The van der Waals surface area contributed by atoms with Crippen LogP contribution in [0.15, 0.2) is 5.38 Å².